The van der Waals surface area contributed by atoms with Gasteiger partial charge in [-0.2, -0.15) is 0 Å². The SMILES string of the molecule is CCCCC(OCC1CCOC1)C(=O)O. The van der Waals surface area contributed by atoms with E-state index in [1.54, 1.807) is 0 Å². The molecule has 4 heteroatoms. The second-order valence-electron chi connectivity index (χ2n) is 4.03. The van der Waals surface area contributed by atoms with Gasteiger partial charge >= 0.3 is 5.97 Å². The number of hydrogen-bond donors (Lipinski definition) is 1. The van der Waals surface area contributed by atoms with E-state index in [-0.39, 0.29) is 0 Å². The lowest BCUT2D eigenvalue weighted by molar-refractivity contribution is -0.151. The number of carbonyl (C=O) groups is 1. The molecular formula is C11H20O4. The Morgan fingerprint density at radius 1 is 1.67 bits per heavy atom. The molecule has 88 valence electrons. The number of carboxylic acids is 1. The van der Waals surface area contributed by atoms with Crippen molar-refractivity contribution >= 4 is 5.97 Å². The van der Waals surface area contributed by atoms with Gasteiger partial charge in [0.25, 0.3) is 0 Å². The van der Waals surface area contributed by atoms with Crippen LogP contribution in [0.25, 0.3) is 0 Å². The van der Waals surface area contributed by atoms with E-state index < -0.39 is 12.1 Å². The van der Waals surface area contributed by atoms with Gasteiger partial charge in [-0.3, -0.25) is 0 Å². The lowest BCUT2D eigenvalue weighted by atomic mass is 10.1. The fourth-order valence-corrected chi connectivity index (χ4v) is 1.63. The summed E-state index contributed by atoms with van der Waals surface area (Å²) >= 11 is 0. The van der Waals surface area contributed by atoms with Gasteiger partial charge in [0.15, 0.2) is 6.10 Å². The summed E-state index contributed by atoms with van der Waals surface area (Å²) in [5.74, 6) is -0.462. The highest BCUT2D eigenvalue weighted by Crippen LogP contribution is 2.14. The zero-order valence-electron chi connectivity index (χ0n) is 9.28. The molecule has 1 N–H and O–H groups in total. The highest BCUT2D eigenvalue weighted by molar-refractivity contribution is 5.72. The van der Waals surface area contributed by atoms with Crippen LogP contribution in [0.5, 0.6) is 0 Å². The summed E-state index contributed by atoms with van der Waals surface area (Å²) in [6.45, 7) is 4.05. The van der Waals surface area contributed by atoms with E-state index in [0.717, 1.165) is 25.9 Å². The molecule has 1 aliphatic heterocycles. The first-order valence-corrected chi connectivity index (χ1v) is 5.66. The normalized spacial score (nSPS) is 22.9. The van der Waals surface area contributed by atoms with Gasteiger partial charge < -0.3 is 14.6 Å². The first-order valence-electron chi connectivity index (χ1n) is 5.66. The highest BCUT2D eigenvalue weighted by atomic mass is 16.5. The molecule has 0 spiro atoms. The molecule has 1 fully saturated rings. The lowest BCUT2D eigenvalue weighted by Crippen LogP contribution is -2.26. The molecule has 15 heavy (non-hydrogen) atoms. The standard InChI is InChI=1S/C11H20O4/c1-2-3-4-10(11(12)13)15-8-9-5-6-14-7-9/h9-10H,2-8H2,1H3,(H,12,13). The molecule has 0 aromatic carbocycles. The summed E-state index contributed by atoms with van der Waals surface area (Å²) in [6.07, 6.45) is 2.86. The van der Waals surface area contributed by atoms with Crippen LogP contribution in [0.15, 0.2) is 0 Å². The van der Waals surface area contributed by atoms with Gasteiger partial charge in [0, 0.05) is 12.5 Å². The van der Waals surface area contributed by atoms with E-state index in [4.69, 9.17) is 14.6 Å². The van der Waals surface area contributed by atoms with Crippen LogP contribution in [0.4, 0.5) is 0 Å². The molecule has 2 atom stereocenters. The predicted molar refractivity (Wildman–Crippen MR) is 55.8 cm³/mol. The van der Waals surface area contributed by atoms with Gasteiger partial charge in [-0.25, -0.2) is 4.79 Å². The third-order valence-corrected chi connectivity index (χ3v) is 2.65. The van der Waals surface area contributed by atoms with E-state index in [2.05, 4.69) is 0 Å². The maximum atomic E-state index is 10.9. The molecule has 0 saturated carbocycles. The molecule has 0 radical (unpaired) electrons. The van der Waals surface area contributed by atoms with Crippen molar-refractivity contribution in [3.05, 3.63) is 0 Å². The monoisotopic (exact) mass is 216 g/mol. The van der Waals surface area contributed by atoms with Crippen molar-refractivity contribution in [2.45, 2.75) is 38.7 Å². The lowest BCUT2D eigenvalue weighted by Gasteiger charge is -2.15. The second-order valence-corrected chi connectivity index (χ2v) is 4.03. The van der Waals surface area contributed by atoms with Crippen LogP contribution in [0.1, 0.15) is 32.6 Å². The number of aliphatic carboxylic acids is 1. The van der Waals surface area contributed by atoms with Crippen molar-refractivity contribution in [2.24, 2.45) is 5.92 Å². The smallest absolute Gasteiger partial charge is 0.332 e. The number of unbranched alkanes of at least 4 members (excludes halogenated alkanes) is 1. The van der Waals surface area contributed by atoms with Crippen LogP contribution in [0.2, 0.25) is 0 Å². The highest BCUT2D eigenvalue weighted by Gasteiger charge is 2.21. The Morgan fingerprint density at radius 2 is 2.47 bits per heavy atom. The minimum atomic E-state index is -0.845. The van der Waals surface area contributed by atoms with Crippen molar-refractivity contribution in [1.82, 2.24) is 0 Å². The molecular weight excluding hydrogens is 196 g/mol. The van der Waals surface area contributed by atoms with Crippen LogP contribution in [-0.2, 0) is 14.3 Å². The zero-order chi connectivity index (χ0) is 11.1. The first-order chi connectivity index (χ1) is 7.24. The van der Waals surface area contributed by atoms with Crippen LogP contribution in [0, 0.1) is 5.92 Å². The number of rotatable bonds is 7. The zero-order valence-corrected chi connectivity index (χ0v) is 9.28. The summed E-state index contributed by atoms with van der Waals surface area (Å²) in [4.78, 5) is 10.9. The molecule has 1 heterocycles. The molecule has 0 aliphatic carbocycles. The van der Waals surface area contributed by atoms with Gasteiger partial charge in [-0.15, -0.1) is 0 Å². The third kappa shape index (κ3) is 4.62. The van der Waals surface area contributed by atoms with Gasteiger partial charge in [-0.05, 0) is 12.8 Å². The van der Waals surface area contributed by atoms with E-state index >= 15 is 0 Å². The van der Waals surface area contributed by atoms with Crippen molar-refractivity contribution in [3.63, 3.8) is 0 Å². The van der Waals surface area contributed by atoms with Crippen molar-refractivity contribution in [3.8, 4) is 0 Å². The molecule has 2 unspecified atom stereocenters. The fourth-order valence-electron chi connectivity index (χ4n) is 1.63. The third-order valence-electron chi connectivity index (χ3n) is 2.65. The summed E-state index contributed by atoms with van der Waals surface area (Å²) in [6, 6.07) is 0. The van der Waals surface area contributed by atoms with Crippen LogP contribution >= 0.6 is 0 Å². The van der Waals surface area contributed by atoms with Crippen molar-refractivity contribution in [1.29, 1.82) is 0 Å². The Bertz CT molecular complexity index is 187. The summed E-state index contributed by atoms with van der Waals surface area (Å²) < 4.78 is 10.6. The van der Waals surface area contributed by atoms with Gasteiger partial charge in [0.1, 0.15) is 0 Å². The Labute approximate surface area is 90.6 Å². The largest absolute Gasteiger partial charge is 0.479 e. The maximum absolute atomic E-state index is 10.9. The minimum Gasteiger partial charge on any atom is -0.479 e. The average Bonchev–Trinajstić information content (AvgIpc) is 2.70. The summed E-state index contributed by atoms with van der Waals surface area (Å²) in [5, 5.41) is 8.92. The predicted octanol–water partition coefficient (Wildman–Crippen LogP) is 1.68. The minimum absolute atomic E-state index is 0.383. The first kappa shape index (κ1) is 12.5. The van der Waals surface area contributed by atoms with Gasteiger partial charge in [0.05, 0.1) is 13.2 Å². The van der Waals surface area contributed by atoms with Crippen LogP contribution in [0.3, 0.4) is 0 Å². The molecule has 0 aromatic heterocycles. The molecule has 1 saturated heterocycles. The van der Waals surface area contributed by atoms with Crippen molar-refractivity contribution in [2.75, 3.05) is 19.8 Å². The molecule has 0 amide bonds. The second kappa shape index (κ2) is 6.80. The molecule has 0 aromatic rings. The fraction of sp³-hybridized carbons (Fsp3) is 0.909. The Hall–Kier alpha value is -0.610. The van der Waals surface area contributed by atoms with E-state index in [0.29, 0.717) is 25.6 Å². The Morgan fingerprint density at radius 3 is 3.00 bits per heavy atom. The summed E-state index contributed by atoms with van der Waals surface area (Å²) in [7, 11) is 0. The van der Waals surface area contributed by atoms with Crippen molar-refractivity contribution < 1.29 is 19.4 Å². The average molecular weight is 216 g/mol. The maximum Gasteiger partial charge on any atom is 0.332 e. The quantitative estimate of drug-likeness (QED) is 0.703. The number of carboxylic acid groups (broad SMARTS) is 1. The van der Waals surface area contributed by atoms with E-state index in [1.165, 1.54) is 0 Å². The van der Waals surface area contributed by atoms with Crippen LogP contribution in [-0.4, -0.2) is 37.0 Å². The topological polar surface area (TPSA) is 55.8 Å². The Kier molecular flexibility index (Phi) is 5.65. The Balaban J connectivity index is 2.20. The van der Waals surface area contributed by atoms with Crippen LogP contribution < -0.4 is 0 Å². The van der Waals surface area contributed by atoms with Gasteiger partial charge in [0.2, 0.25) is 0 Å². The number of hydrogen-bond acceptors (Lipinski definition) is 3. The molecule has 4 nitrogen and oxygen atoms in total. The number of ether oxygens (including phenoxy) is 2. The molecule has 1 rings (SSSR count). The molecule has 1 aliphatic rings. The summed E-state index contributed by atoms with van der Waals surface area (Å²) in [5.41, 5.74) is 0. The van der Waals surface area contributed by atoms with E-state index in [9.17, 15) is 4.79 Å². The van der Waals surface area contributed by atoms with E-state index in [1.807, 2.05) is 6.92 Å². The molecule has 0 bridgehead atoms. The van der Waals surface area contributed by atoms with Gasteiger partial charge in [-0.1, -0.05) is 19.8 Å².